The van der Waals surface area contributed by atoms with Crippen LogP contribution in [0.4, 0.5) is 0 Å². The Kier molecular flexibility index (Phi) is 3.41. The van der Waals surface area contributed by atoms with Crippen LogP contribution in [0, 0.1) is 0 Å². The third kappa shape index (κ3) is 2.74. The quantitative estimate of drug-likeness (QED) is 0.850. The van der Waals surface area contributed by atoms with Crippen molar-refractivity contribution in [2.75, 3.05) is 0 Å². The summed E-state index contributed by atoms with van der Waals surface area (Å²) >= 11 is 0. The molecule has 132 valence electrons. The van der Waals surface area contributed by atoms with E-state index in [1.165, 1.54) is 0 Å². The summed E-state index contributed by atoms with van der Waals surface area (Å²) in [7, 11) is 1.93. The number of aryl methyl sites for hydroxylation is 1. The van der Waals surface area contributed by atoms with Crippen LogP contribution in [0.5, 0.6) is 0 Å². The summed E-state index contributed by atoms with van der Waals surface area (Å²) in [6.07, 6.45) is 6.80. The Balaban J connectivity index is 1.34. The van der Waals surface area contributed by atoms with Crippen LogP contribution in [0.2, 0.25) is 0 Å². The Hall–Kier alpha value is -2.22. The summed E-state index contributed by atoms with van der Waals surface area (Å²) in [6.45, 7) is 0.491. The smallest absolute Gasteiger partial charge is 0.240 e. The van der Waals surface area contributed by atoms with Gasteiger partial charge in [0.05, 0.1) is 18.3 Å². The maximum Gasteiger partial charge on any atom is 0.240 e. The minimum absolute atomic E-state index is 0.0123. The van der Waals surface area contributed by atoms with Crippen molar-refractivity contribution in [3.8, 4) is 0 Å². The Bertz CT molecular complexity index is 791. The topological polar surface area (TPSA) is 89.1 Å². The van der Waals surface area contributed by atoms with E-state index in [0.29, 0.717) is 30.8 Å². The van der Waals surface area contributed by atoms with Gasteiger partial charge in [-0.15, -0.1) is 0 Å². The van der Waals surface area contributed by atoms with Crippen molar-refractivity contribution in [2.24, 2.45) is 7.05 Å². The van der Waals surface area contributed by atoms with Gasteiger partial charge in [0, 0.05) is 37.7 Å². The fourth-order valence-corrected chi connectivity index (χ4v) is 3.81. The summed E-state index contributed by atoms with van der Waals surface area (Å²) < 4.78 is 7.22. The van der Waals surface area contributed by atoms with Crippen LogP contribution < -0.4 is 5.32 Å². The molecule has 2 saturated carbocycles. The number of likely N-dealkylation sites (tertiary alicyclic amines) is 1. The molecule has 2 aliphatic carbocycles. The van der Waals surface area contributed by atoms with Gasteiger partial charge in [-0.05, 0) is 31.7 Å². The number of hydrogen-bond donors (Lipinski definition) is 1. The van der Waals surface area contributed by atoms with Crippen molar-refractivity contribution in [2.45, 2.75) is 62.7 Å². The predicted octanol–water partition coefficient (Wildman–Crippen LogP) is 1.27. The molecular weight excluding hydrogens is 320 g/mol. The zero-order chi connectivity index (χ0) is 17.0. The standard InChI is InChI=1S/C17H22N6O2/c1-22-13(6-7-19-22)16-12(8-15(24)23(16)11-4-5-11)18-9-14-20-17(21-25-14)10-2-3-10/h6-7,10-12,16,18H,2-5,8-9H2,1H3/t12-,16-/m1/s1. The van der Waals surface area contributed by atoms with Gasteiger partial charge in [0.25, 0.3) is 0 Å². The highest BCUT2D eigenvalue weighted by Crippen LogP contribution is 2.42. The number of hydrogen-bond acceptors (Lipinski definition) is 6. The second-order valence-corrected chi connectivity index (χ2v) is 7.37. The van der Waals surface area contributed by atoms with Crippen LogP contribution in [-0.4, -0.2) is 42.8 Å². The highest BCUT2D eigenvalue weighted by molar-refractivity contribution is 5.81. The lowest BCUT2D eigenvalue weighted by Gasteiger charge is -2.28. The first kappa shape index (κ1) is 15.1. The molecule has 3 aliphatic rings. The molecule has 0 spiro atoms. The molecule has 2 aromatic heterocycles. The van der Waals surface area contributed by atoms with Crippen molar-refractivity contribution in [1.82, 2.24) is 30.1 Å². The van der Waals surface area contributed by atoms with E-state index in [9.17, 15) is 4.79 Å². The molecule has 2 aromatic rings. The van der Waals surface area contributed by atoms with Gasteiger partial charge in [-0.3, -0.25) is 9.48 Å². The molecule has 0 aromatic carbocycles. The van der Waals surface area contributed by atoms with Gasteiger partial charge in [-0.2, -0.15) is 10.1 Å². The van der Waals surface area contributed by atoms with Crippen LogP contribution in [0.15, 0.2) is 16.8 Å². The Morgan fingerprint density at radius 3 is 2.84 bits per heavy atom. The second kappa shape index (κ2) is 5.66. The van der Waals surface area contributed by atoms with Gasteiger partial charge in [-0.1, -0.05) is 5.16 Å². The Labute approximate surface area is 145 Å². The number of rotatable bonds is 6. The average Bonchev–Trinajstić information content (AvgIpc) is 3.51. The molecule has 0 bridgehead atoms. The molecule has 3 heterocycles. The molecule has 1 saturated heterocycles. The highest BCUT2D eigenvalue weighted by atomic mass is 16.5. The molecule has 8 heteroatoms. The zero-order valence-corrected chi connectivity index (χ0v) is 14.3. The summed E-state index contributed by atoms with van der Waals surface area (Å²) in [4.78, 5) is 19.1. The van der Waals surface area contributed by atoms with Gasteiger partial charge in [0.2, 0.25) is 11.8 Å². The minimum Gasteiger partial charge on any atom is -0.338 e. The molecule has 3 fully saturated rings. The van der Waals surface area contributed by atoms with Gasteiger partial charge in [0.1, 0.15) is 0 Å². The number of carbonyl (C=O) groups is 1. The van der Waals surface area contributed by atoms with Crippen LogP contribution in [0.1, 0.15) is 61.5 Å². The maximum atomic E-state index is 12.6. The number of nitrogens with one attached hydrogen (secondary N) is 1. The SMILES string of the molecule is Cn1nccc1[C@H]1[C@H](NCc2nc(C3CC3)no2)CC(=O)N1C1CC1. The second-order valence-electron chi connectivity index (χ2n) is 7.37. The lowest BCUT2D eigenvalue weighted by atomic mass is 10.1. The van der Waals surface area contributed by atoms with E-state index in [-0.39, 0.29) is 18.0 Å². The maximum absolute atomic E-state index is 12.6. The molecule has 0 unspecified atom stereocenters. The summed E-state index contributed by atoms with van der Waals surface area (Å²) in [5.41, 5.74) is 1.07. The van der Waals surface area contributed by atoms with Crippen LogP contribution in [0.25, 0.3) is 0 Å². The predicted molar refractivity (Wildman–Crippen MR) is 87.3 cm³/mol. The molecular formula is C17H22N6O2. The van der Waals surface area contributed by atoms with Crippen molar-refractivity contribution in [1.29, 1.82) is 0 Å². The van der Waals surface area contributed by atoms with Crippen molar-refractivity contribution < 1.29 is 9.32 Å². The van der Waals surface area contributed by atoms with Gasteiger partial charge < -0.3 is 14.7 Å². The van der Waals surface area contributed by atoms with E-state index in [1.807, 2.05) is 17.8 Å². The number of aromatic nitrogens is 4. The molecule has 2 atom stereocenters. The molecule has 1 aliphatic heterocycles. The molecule has 1 N–H and O–H groups in total. The summed E-state index contributed by atoms with van der Waals surface area (Å²) in [6, 6.07) is 2.42. The monoisotopic (exact) mass is 342 g/mol. The van der Waals surface area contributed by atoms with E-state index in [0.717, 1.165) is 37.2 Å². The lowest BCUT2D eigenvalue weighted by molar-refractivity contribution is -0.129. The molecule has 1 amide bonds. The van der Waals surface area contributed by atoms with E-state index in [1.54, 1.807) is 6.20 Å². The number of amides is 1. The normalized spacial score (nSPS) is 26.6. The van der Waals surface area contributed by atoms with E-state index < -0.39 is 0 Å². The van der Waals surface area contributed by atoms with Crippen LogP contribution in [0.3, 0.4) is 0 Å². The first-order valence-electron chi connectivity index (χ1n) is 9.05. The van der Waals surface area contributed by atoms with Gasteiger partial charge >= 0.3 is 0 Å². The third-order valence-electron chi connectivity index (χ3n) is 5.41. The Morgan fingerprint density at radius 2 is 2.16 bits per heavy atom. The van der Waals surface area contributed by atoms with Crippen LogP contribution >= 0.6 is 0 Å². The average molecular weight is 342 g/mol. The number of carbonyl (C=O) groups excluding carboxylic acids is 1. The molecule has 5 rings (SSSR count). The van der Waals surface area contributed by atoms with Crippen molar-refractivity contribution in [3.05, 3.63) is 29.7 Å². The first-order valence-corrected chi connectivity index (χ1v) is 9.05. The van der Waals surface area contributed by atoms with Gasteiger partial charge in [-0.25, -0.2) is 0 Å². The third-order valence-corrected chi connectivity index (χ3v) is 5.41. The fourth-order valence-electron chi connectivity index (χ4n) is 3.81. The molecule has 8 nitrogen and oxygen atoms in total. The Morgan fingerprint density at radius 1 is 1.32 bits per heavy atom. The van der Waals surface area contributed by atoms with E-state index >= 15 is 0 Å². The lowest BCUT2D eigenvalue weighted by Crippen LogP contribution is -2.38. The summed E-state index contributed by atoms with van der Waals surface area (Å²) in [5, 5.41) is 11.8. The molecule has 25 heavy (non-hydrogen) atoms. The molecule has 0 radical (unpaired) electrons. The number of nitrogens with zero attached hydrogens (tertiary/aromatic N) is 5. The fraction of sp³-hybridized carbons (Fsp3) is 0.647. The van der Waals surface area contributed by atoms with Crippen molar-refractivity contribution in [3.63, 3.8) is 0 Å². The zero-order valence-electron chi connectivity index (χ0n) is 14.3. The summed E-state index contributed by atoms with van der Waals surface area (Å²) in [5.74, 6) is 2.12. The highest BCUT2D eigenvalue weighted by Gasteiger charge is 2.48. The van der Waals surface area contributed by atoms with Crippen LogP contribution in [-0.2, 0) is 18.4 Å². The first-order chi connectivity index (χ1) is 12.2. The van der Waals surface area contributed by atoms with E-state index in [4.69, 9.17) is 4.52 Å². The van der Waals surface area contributed by atoms with Gasteiger partial charge in [0.15, 0.2) is 5.82 Å². The largest absolute Gasteiger partial charge is 0.338 e. The minimum atomic E-state index is 0.0123. The van der Waals surface area contributed by atoms with E-state index in [2.05, 4.69) is 25.5 Å². The van der Waals surface area contributed by atoms with Crippen molar-refractivity contribution >= 4 is 5.91 Å².